The van der Waals surface area contributed by atoms with Crippen LogP contribution in [0.15, 0.2) is 29.2 Å². The van der Waals surface area contributed by atoms with Gasteiger partial charge in [0.15, 0.2) is 0 Å². The Balaban J connectivity index is 2.17. The Bertz CT molecular complexity index is 539. The van der Waals surface area contributed by atoms with Gasteiger partial charge >= 0.3 is 0 Å². The van der Waals surface area contributed by atoms with Crippen LogP contribution in [0.3, 0.4) is 0 Å². The van der Waals surface area contributed by atoms with Crippen molar-refractivity contribution in [2.24, 2.45) is 5.92 Å². The lowest BCUT2D eigenvalue weighted by Crippen LogP contribution is -2.39. The molecule has 0 saturated carbocycles. The van der Waals surface area contributed by atoms with Crippen LogP contribution in [0.2, 0.25) is 0 Å². The van der Waals surface area contributed by atoms with Gasteiger partial charge in [-0.3, -0.25) is 0 Å². The van der Waals surface area contributed by atoms with Crippen LogP contribution in [0.4, 0.5) is 5.69 Å². The fourth-order valence-electron chi connectivity index (χ4n) is 2.60. The third kappa shape index (κ3) is 3.50. The first-order valence-electron chi connectivity index (χ1n) is 7.04. The molecule has 2 atom stereocenters. The summed E-state index contributed by atoms with van der Waals surface area (Å²) in [5, 5.41) is 6.75. The van der Waals surface area contributed by atoms with Crippen LogP contribution in [-0.4, -0.2) is 34.6 Å². The minimum atomic E-state index is -3.43. The molecule has 112 valence electrons. The summed E-state index contributed by atoms with van der Waals surface area (Å²) in [6.45, 7) is 4.17. The number of rotatable bonds is 5. The van der Waals surface area contributed by atoms with Gasteiger partial charge in [-0.25, -0.2) is 13.1 Å². The van der Waals surface area contributed by atoms with Crippen LogP contribution in [-0.2, 0) is 10.0 Å². The van der Waals surface area contributed by atoms with Crippen molar-refractivity contribution >= 4 is 15.7 Å². The van der Waals surface area contributed by atoms with Gasteiger partial charge in [0, 0.05) is 6.04 Å². The van der Waals surface area contributed by atoms with Crippen LogP contribution in [0.25, 0.3) is 0 Å². The molecule has 0 aliphatic carbocycles. The highest BCUT2D eigenvalue weighted by Gasteiger charge is 2.22. The molecule has 20 heavy (non-hydrogen) atoms. The molecule has 0 radical (unpaired) electrons. The van der Waals surface area contributed by atoms with E-state index in [2.05, 4.69) is 22.3 Å². The fraction of sp³-hybridized carbons (Fsp3) is 0.571. The number of anilines is 1. The van der Waals surface area contributed by atoms with Gasteiger partial charge < -0.3 is 10.6 Å². The Labute approximate surface area is 121 Å². The number of sulfonamides is 1. The normalized spacial score (nSPS) is 21.4. The first kappa shape index (κ1) is 15.3. The lowest BCUT2D eigenvalue weighted by Gasteiger charge is -2.30. The summed E-state index contributed by atoms with van der Waals surface area (Å²) < 4.78 is 26.4. The van der Waals surface area contributed by atoms with E-state index in [9.17, 15) is 8.42 Å². The van der Waals surface area contributed by atoms with Gasteiger partial charge in [-0.05, 0) is 58.0 Å². The Morgan fingerprint density at radius 3 is 2.75 bits per heavy atom. The van der Waals surface area contributed by atoms with Gasteiger partial charge in [0.25, 0.3) is 0 Å². The van der Waals surface area contributed by atoms with Crippen molar-refractivity contribution in [3.8, 4) is 0 Å². The number of hydrogen-bond donors (Lipinski definition) is 3. The zero-order valence-corrected chi connectivity index (χ0v) is 12.8. The average Bonchev–Trinajstić information content (AvgIpc) is 2.48. The van der Waals surface area contributed by atoms with E-state index in [0.29, 0.717) is 16.5 Å². The number of para-hydroxylation sites is 1. The third-order valence-electron chi connectivity index (χ3n) is 3.87. The zero-order chi connectivity index (χ0) is 14.6. The smallest absolute Gasteiger partial charge is 0.242 e. The van der Waals surface area contributed by atoms with Crippen LogP contribution in [0.1, 0.15) is 19.8 Å². The molecule has 3 N–H and O–H groups in total. The minimum Gasteiger partial charge on any atom is -0.381 e. The summed E-state index contributed by atoms with van der Waals surface area (Å²) >= 11 is 0. The Morgan fingerprint density at radius 1 is 1.35 bits per heavy atom. The molecule has 0 aromatic heterocycles. The van der Waals surface area contributed by atoms with E-state index in [1.54, 1.807) is 12.1 Å². The highest BCUT2D eigenvalue weighted by atomic mass is 32.2. The average molecular weight is 297 g/mol. The van der Waals surface area contributed by atoms with E-state index in [-0.39, 0.29) is 6.04 Å². The first-order chi connectivity index (χ1) is 9.54. The molecule has 0 bridgehead atoms. The van der Waals surface area contributed by atoms with Crippen molar-refractivity contribution in [3.05, 3.63) is 24.3 Å². The number of benzene rings is 1. The van der Waals surface area contributed by atoms with Crippen LogP contribution in [0, 0.1) is 5.92 Å². The molecule has 1 aromatic carbocycles. The second-order valence-corrected chi connectivity index (χ2v) is 7.10. The lowest BCUT2D eigenvalue weighted by atomic mass is 9.92. The van der Waals surface area contributed by atoms with Crippen molar-refractivity contribution in [3.63, 3.8) is 0 Å². The predicted octanol–water partition coefficient (Wildman–Crippen LogP) is 1.39. The molecule has 1 saturated heterocycles. The van der Waals surface area contributed by atoms with E-state index in [0.717, 1.165) is 13.1 Å². The van der Waals surface area contributed by atoms with E-state index < -0.39 is 10.0 Å². The van der Waals surface area contributed by atoms with E-state index in [1.165, 1.54) is 19.9 Å². The molecular weight excluding hydrogens is 274 g/mol. The monoisotopic (exact) mass is 297 g/mol. The Kier molecular flexibility index (Phi) is 5.01. The van der Waals surface area contributed by atoms with Crippen LogP contribution < -0.4 is 15.4 Å². The summed E-state index contributed by atoms with van der Waals surface area (Å²) in [6.07, 6.45) is 2.34. The zero-order valence-electron chi connectivity index (χ0n) is 12.0. The number of hydrogen-bond acceptors (Lipinski definition) is 4. The first-order valence-corrected chi connectivity index (χ1v) is 8.53. The third-order valence-corrected chi connectivity index (χ3v) is 5.34. The number of nitrogens with one attached hydrogen (secondary N) is 3. The maximum Gasteiger partial charge on any atom is 0.242 e. The van der Waals surface area contributed by atoms with Crippen molar-refractivity contribution in [2.75, 3.05) is 25.5 Å². The minimum absolute atomic E-state index is 0.232. The van der Waals surface area contributed by atoms with Crippen molar-refractivity contribution < 1.29 is 8.42 Å². The van der Waals surface area contributed by atoms with Crippen molar-refractivity contribution in [1.29, 1.82) is 0 Å². The molecule has 1 fully saturated rings. The van der Waals surface area contributed by atoms with Gasteiger partial charge in [0.1, 0.15) is 4.90 Å². The molecule has 0 amide bonds. The van der Waals surface area contributed by atoms with Gasteiger partial charge in [-0.15, -0.1) is 0 Å². The Hall–Kier alpha value is -1.11. The molecule has 1 aliphatic heterocycles. The summed E-state index contributed by atoms with van der Waals surface area (Å²) in [4.78, 5) is 0.304. The molecule has 5 nitrogen and oxygen atoms in total. The molecule has 2 rings (SSSR count). The molecule has 2 unspecified atom stereocenters. The molecular formula is C14H23N3O2S. The van der Waals surface area contributed by atoms with Crippen LogP contribution in [0.5, 0.6) is 0 Å². The number of piperidine rings is 1. The standard InChI is InChI=1S/C14H23N3O2S/c1-11(12-6-5-9-16-10-12)17-13-7-3-4-8-14(13)20(18,19)15-2/h3-4,7-8,11-12,15-17H,5-6,9-10H2,1-2H3. The second-order valence-electron chi connectivity index (χ2n) is 5.24. The summed E-state index contributed by atoms with van der Waals surface area (Å²) in [7, 11) is -2.00. The Morgan fingerprint density at radius 2 is 2.10 bits per heavy atom. The maximum absolute atomic E-state index is 12.0. The topological polar surface area (TPSA) is 70.2 Å². The highest BCUT2D eigenvalue weighted by Crippen LogP contribution is 2.24. The molecule has 6 heteroatoms. The maximum atomic E-state index is 12.0. The van der Waals surface area contributed by atoms with Gasteiger partial charge in [-0.2, -0.15) is 0 Å². The van der Waals surface area contributed by atoms with E-state index in [1.807, 2.05) is 12.1 Å². The lowest BCUT2D eigenvalue weighted by molar-refractivity contribution is 0.347. The fourth-order valence-corrected chi connectivity index (χ4v) is 3.49. The molecule has 1 heterocycles. The van der Waals surface area contributed by atoms with Gasteiger partial charge in [-0.1, -0.05) is 12.1 Å². The second kappa shape index (κ2) is 6.56. The quantitative estimate of drug-likeness (QED) is 0.768. The summed E-state index contributed by atoms with van der Waals surface area (Å²) in [6, 6.07) is 7.26. The highest BCUT2D eigenvalue weighted by molar-refractivity contribution is 7.89. The van der Waals surface area contributed by atoms with Gasteiger partial charge in [0.2, 0.25) is 10.0 Å². The predicted molar refractivity (Wildman–Crippen MR) is 81.4 cm³/mol. The van der Waals surface area contributed by atoms with Crippen LogP contribution >= 0.6 is 0 Å². The largest absolute Gasteiger partial charge is 0.381 e. The summed E-state index contributed by atoms with van der Waals surface area (Å²) in [5.41, 5.74) is 0.667. The summed E-state index contributed by atoms with van der Waals surface area (Å²) in [5.74, 6) is 0.522. The van der Waals surface area contributed by atoms with Crippen molar-refractivity contribution in [1.82, 2.24) is 10.0 Å². The molecule has 0 spiro atoms. The molecule has 1 aromatic rings. The van der Waals surface area contributed by atoms with E-state index in [4.69, 9.17) is 0 Å². The van der Waals surface area contributed by atoms with E-state index >= 15 is 0 Å². The SMILES string of the molecule is CNS(=O)(=O)c1ccccc1NC(C)C1CCCNC1. The van der Waals surface area contributed by atoms with Gasteiger partial charge in [0.05, 0.1) is 5.69 Å². The molecule has 1 aliphatic rings. The van der Waals surface area contributed by atoms with Crippen molar-refractivity contribution in [2.45, 2.75) is 30.7 Å².